The minimum Gasteiger partial charge on any atom is -0.480 e. The Morgan fingerprint density at radius 1 is 1.25 bits per heavy atom. The molecule has 0 aliphatic carbocycles. The molecule has 2 atom stereocenters. The average Bonchev–Trinajstić information content (AvgIpc) is 3.15. The van der Waals surface area contributed by atoms with Gasteiger partial charge in [0.2, 0.25) is 0 Å². The Morgan fingerprint density at radius 3 is 2.83 bits per heavy atom. The minimum atomic E-state index is -0.172. The topological polar surface area (TPSA) is 63.4 Å². The van der Waals surface area contributed by atoms with Crippen molar-refractivity contribution in [2.24, 2.45) is 0 Å². The van der Waals surface area contributed by atoms with Gasteiger partial charge in [-0.25, -0.2) is 0 Å². The molecule has 1 saturated heterocycles. The van der Waals surface area contributed by atoms with Gasteiger partial charge in [0.05, 0.1) is 6.04 Å². The van der Waals surface area contributed by atoms with Crippen molar-refractivity contribution in [1.82, 2.24) is 20.4 Å². The zero-order valence-electron chi connectivity index (χ0n) is 14.2. The number of hydrogen-bond donors (Lipinski definition) is 1. The van der Waals surface area contributed by atoms with Gasteiger partial charge < -0.3 is 14.6 Å². The first-order valence-corrected chi connectivity index (χ1v) is 8.13. The highest BCUT2D eigenvalue weighted by Crippen LogP contribution is 2.38. The van der Waals surface area contributed by atoms with Crippen LogP contribution in [0.5, 0.6) is 5.75 Å². The SMILES string of the molecule is Cc1cc2c(cc1C)OC(c1nc(C3CNCCN3C)no1)C2.Cl. The minimum absolute atomic E-state index is 0. The summed E-state index contributed by atoms with van der Waals surface area (Å²) in [6.07, 6.45) is 0.617. The van der Waals surface area contributed by atoms with Crippen LogP contribution in [-0.4, -0.2) is 41.7 Å². The molecular formula is C17H23ClN4O2. The van der Waals surface area contributed by atoms with E-state index in [-0.39, 0.29) is 24.6 Å². The first-order chi connectivity index (χ1) is 11.1. The van der Waals surface area contributed by atoms with Crippen LogP contribution in [-0.2, 0) is 6.42 Å². The Labute approximate surface area is 148 Å². The molecule has 2 aliphatic rings. The van der Waals surface area contributed by atoms with Crippen molar-refractivity contribution in [3.63, 3.8) is 0 Å². The summed E-state index contributed by atoms with van der Waals surface area (Å²) in [6, 6.07) is 4.45. The molecule has 0 spiro atoms. The smallest absolute Gasteiger partial charge is 0.268 e. The fraction of sp³-hybridized carbons (Fsp3) is 0.529. The molecule has 7 heteroatoms. The number of hydrogen-bond acceptors (Lipinski definition) is 6. The van der Waals surface area contributed by atoms with Crippen molar-refractivity contribution in [2.75, 3.05) is 26.7 Å². The van der Waals surface area contributed by atoms with Crippen LogP contribution in [0.1, 0.15) is 40.6 Å². The Hall–Kier alpha value is -1.63. The third kappa shape index (κ3) is 3.01. The number of nitrogens with one attached hydrogen (secondary N) is 1. The maximum absolute atomic E-state index is 6.03. The zero-order chi connectivity index (χ0) is 16.0. The van der Waals surface area contributed by atoms with Gasteiger partial charge in [0.25, 0.3) is 5.89 Å². The lowest BCUT2D eigenvalue weighted by Crippen LogP contribution is -2.44. The number of rotatable bonds is 2. The Morgan fingerprint density at radius 2 is 2.04 bits per heavy atom. The number of fused-ring (bicyclic) bond motifs is 1. The number of ether oxygens (including phenoxy) is 1. The van der Waals surface area contributed by atoms with Gasteiger partial charge in [0.15, 0.2) is 11.9 Å². The number of benzene rings is 1. The molecule has 0 bridgehead atoms. The van der Waals surface area contributed by atoms with Crippen molar-refractivity contribution in [3.8, 4) is 5.75 Å². The van der Waals surface area contributed by atoms with Crippen LogP contribution in [0.25, 0.3) is 0 Å². The number of piperazine rings is 1. The molecule has 1 N–H and O–H groups in total. The predicted molar refractivity (Wildman–Crippen MR) is 92.8 cm³/mol. The number of likely N-dealkylation sites (N-methyl/N-ethyl adjacent to an activating group) is 1. The molecule has 2 aliphatic heterocycles. The van der Waals surface area contributed by atoms with Crippen LogP contribution in [0.2, 0.25) is 0 Å². The van der Waals surface area contributed by atoms with E-state index in [1.165, 1.54) is 16.7 Å². The summed E-state index contributed by atoms with van der Waals surface area (Å²) >= 11 is 0. The van der Waals surface area contributed by atoms with E-state index in [0.717, 1.165) is 37.6 Å². The van der Waals surface area contributed by atoms with Gasteiger partial charge in [-0.1, -0.05) is 11.2 Å². The van der Waals surface area contributed by atoms with E-state index in [9.17, 15) is 0 Å². The van der Waals surface area contributed by atoms with Gasteiger partial charge in [-0.2, -0.15) is 4.98 Å². The van der Waals surface area contributed by atoms with Crippen LogP contribution in [0.4, 0.5) is 0 Å². The van der Waals surface area contributed by atoms with Gasteiger partial charge in [0.1, 0.15) is 5.75 Å². The van der Waals surface area contributed by atoms with Gasteiger partial charge >= 0.3 is 0 Å². The van der Waals surface area contributed by atoms with E-state index in [0.29, 0.717) is 5.89 Å². The van der Waals surface area contributed by atoms with Crippen molar-refractivity contribution < 1.29 is 9.26 Å². The third-order valence-electron chi connectivity index (χ3n) is 4.89. The molecule has 0 amide bonds. The number of aryl methyl sites for hydroxylation is 2. The van der Waals surface area contributed by atoms with Crippen LogP contribution in [0.15, 0.2) is 16.7 Å². The molecule has 4 rings (SSSR count). The fourth-order valence-electron chi connectivity index (χ4n) is 3.26. The van der Waals surface area contributed by atoms with Gasteiger partial charge in [-0.15, -0.1) is 12.4 Å². The van der Waals surface area contributed by atoms with Crippen LogP contribution in [0, 0.1) is 13.8 Å². The van der Waals surface area contributed by atoms with E-state index in [2.05, 4.69) is 53.4 Å². The molecule has 6 nitrogen and oxygen atoms in total. The lowest BCUT2D eigenvalue weighted by molar-refractivity contribution is 0.179. The first-order valence-electron chi connectivity index (χ1n) is 8.13. The molecule has 1 aromatic heterocycles. The average molecular weight is 351 g/mol. The standard InChI is InChI=1S/C17H22N4O2.ClH/c1-10-6-12-8-15(22-14(12)7-11(10)2)17-19-16(20-23-17)13-9-18-4-5-21(13)3;/h6-7,13,15,18H,4-5,8-9H2,1-3H3;1H. The van der Waals surface area contributed by atoms with Crippen molar-refractivity contribution in [3.05, 3.63) is 40.5 Å². The van der Waals surface area contributed by atoms with E-state index in [4.69, 9.17) is 9.26 Å². The van der Waals surface area contributed by atoms with Crippen molar-refractivity contribution >= 4 is 12.4 Å². The summed E-state index contributed by atoms with van der Waals surface area (Å²) in [4.78, 5) is 6.86. The van der Waals surface area contributed by atoms with Crippen LogP contribution >= 0.6 is 12.4 Å². The van der Waals surface area contributed by atoms with Crippen LogP contribution in [0.3, 0.4) is 0 Å². The summed E-state index contributed by atoms with van der Waals surface area (Å²) in [5.74, 6) is 2.25. The maximum atomic E-state index is 6.03. The molecular weight excluding hydrogens is 328 g/mol. The largest absolute Gasteiger partial charge is 0.480 e. The van der Waals surface area contributed by atoms with E-state index in [1.54, 1.807) is 0 Å². The Bertz CT molecular complexity index is 702. The van der Waals surface area contributed by atoms with Crippen molar-refractivity contribution in [1.29, 1.82) is 0 Å². The van der Waals surface area contributed by atoms with Gasteiger partial charge in [-0.05, 0) is 43.7 Å². The molecule has 3 heterocycles. The molecule has 0 radical (unpaired) electrons. The monoisotopic (exact) mass is 350 g/mol. The normalized spacial score (nSPS) is 23.5. The molecule has 2 unspecified atom stereocenters. The summed E-state index contributed by atoms with van der Waals surface area (Å²) in [7, 11) is 2.09. The molecule has 1 fully saturated rings. The quantitative estimate of drug-likeness (QED) is 0.897. The first kappa shape index (κ1) is 17.2. The second-order valence-corrected chi connectivity index (χ2v) is 6.55. The highest BCUT2D eigenvalue weighted by atomic mass is 35.5. The predicted octanol–water partition coefficient (Wildman–Crippen LogP) is 2.36. The highest BCUT2D eigenvalue weighted by molar-refractivity contribution is 5.85. The summed E-state index contributed by atoms with van der Waals surface area (Å²) in [6.45, 7) is 7.05. The highest BCUT2D eigenvalue weighted by Gasteiger charge is 2.32. The molecule has 0 saturated carbocycles. The molecule has 24 heavy (non-hydrogen) atoms. The summed E-state index contributed by atoms with van der Waals surface area (Å²) in [5.41, 5.74) is 3.74. The third-order valence-corrected chi connectivity index (χ3v) is 4.89. The van der Waals surface area contributed by atoms with Crippen molar-refractivity contribution in [2.45, 2.75) is 32.4 Å². The van der Waals surface area contributed by atoms with Gasteiger partial charge in [-0.3, -0.25) is 4.90 Å². The molecule has 130 valence electrons. The fourth-order valence-corrected chi connectivity index (χ4v) is 3.26. The molecule has 1 aromatic carbocycles. The second kappa shape index (κ2) is 6.70. The molecule has 2 aromatic rings. The van der Waals surface area contributed by atoms with Crippen LogP contribution < -0.4 is 10.1 Å². The maximum Gasteiger partial charge on any atom is 0.268 e. The zero-order valence-corrected chi connectivity index (χ0v) is 15.0. The number of halogens is 1. The summed E-state index contributed by atoms with van der Waals surface area (Å²) < 4.78 is 11.5. The second-order valence-electron chi connectivity index (χ2n) is 6.55. The van der Waals surface area contributed by atoms with E-state index >= 15 is 0 Å². The lowest BCUT2D eigenvalue weighted by Gasteiger charge is -2.30. The van der Waals surface area contributed by atoms with Gasteiger partial charge in [0, 0.05) is 26.1 Å². The Balaban J connectivity index is 0.00000169. The number of aromatic nitrogens is 2. The van der Waals surface area contributed by atoms with E-state index in [1.807, 2.05) is 0 Å². The summed E-state index contributed by atoms with van der Waals surface area (Å²) in [5, 5.41) is 7.56. The van der Waals surface area contributed by atoms with E-state index < -0.39 is 0 Å². The number of nitrogens with zero attached hydrogens (tertiary/aromatic N) is 3. The Kier molecular flexibility index (Phi) is 4.80. The lowest BCUT2D eigenvalue weighted by atomic mass is 10.0.